The largest absolute Gasteiger partial charge is 0.489 e. The lowest BCUT2D eigenvalue weighted by Crippen LogP contribution is -2.40. The van der Waals surface area contributed by atoms with E-state index in [9.17, 15) is 29.7 Å². The van der Waals surface area contributed by atoms with Gasteiger partial charge in [0.05, 0.1) is 31.7 Å². The Bertz CT molecular complexity index is 1280. The van der Waals surface area contributed by atoms with Gasteiger partial charge in [-0.2, -0.15) is 4.90 Å². The molecule has 2 aliphatic rings. The molecule has 0 radical (unpaired) electrons. The van der Waals surface area contributed by atoms with Crippen molar-refractivity contribution in [2.75, 3.05) is 20.3 Å². The number of imide groups is 3. The first-order valence-electron chi connectivity index (χ1n) is 13.4. The fraction of sp³-hybridized carbons (Fsp3) is 0.433. The third-order valence-corrected chi connectivity index (χ3v) is 7.63. The van der Waals surface area contributed by atoms with Gasteiger partial charge in [-0.1, -0.05) is 30.7 Å². The summed E-state index contributed by atoms with van der Waals surface area (Å²) >= 11 is 0. The summed E-state index contributed by atoms with van der Waals surface area (Å²) in [6.07, 6.45) is 1.34. The lowest BCUT2D eigenvalue weighted by atomic mass is 9.68. The zero-order valence-corrected chi connectivity index (χ0v) is 22.6. The summed E-state index contributed by atoms with van der Waals surface area (Å²) in [7, 11) is 1.09. The van der Waals surface area contributed by atoms with Gasteiger partial charge < -0.3 is 29.2 Å². The highest BCUT2D eigenvalue weighted by molar-refractivity contribution is 6.16. The average Bonchev–Trinajstić information content (AvgIpc) is 3.54. The molecule has 4 rings (SSSR count). The molecule has 1 fully saturated rings. The minimum atomic E-state index is -1.06. The van der Waals surface area contributed by atoms with Crippen molar-refractivity contribution >= 4 is 24.0 Å². The molecule has 1 saturated heterocycles. The molecule has 4 atom stereocenters. The topological polar surface area (TPSA) is 147 Å². The first-order valence-corrected chi connectivity index (χ1v) is 13.4. The van der Waals surface area contributed by atoms with Crippen molar-refractivity contribution in [2.24, 2.45) is 17.8 Å². The van der Waals surface area contributed by atoms with Gasteiger partial charge in [0.15, 0.2) is 0 Å². The SMILES string of the molecule is CC/C(=C\c1ccc(CO)o1)CC[C@@H](O)C1=C(COc2ccccc2)C[C@H]2C(=O)N(C(=O)OC)C(=O)[C@H]2[C@H]1CO. The zero-order valence-electron chi connectivity index (χ0n) is 22.6. The molecule has 0 saturated carbocycles. The molecule has 3 N–H and O–H groups in total. The van der Waals surface area contributed by atoms with Crippen LogP contribution >= 0.6 is 0 Å². The summed E-state index contributed by atoms with van der Waals surface area (Å²) in [4.78, 5) is 39.1. The van der Waals surface area contributed by atoms with Gasteiger partial charge in [-0.25, -0.2) is 4.79 Å². The number of hydrogen-bond donors (Lipinski definition) is 3. The van der Waals surface area contributed by atoms with Gasteiger partial charge >= 0.3 is 6.09 Å². The maximum absolute atomic E-state index is 13.2. The van der Waals surface area contributed by atoms with Crippen molar-refractivity contribution in [3.05, 3.63) is 70.7 Å². The van der Waals surface area contributed by atoms with Gasteiger partial charge in [-0.05, 0) is 67.2 Å². The first-order chi connectivity index (χ1) is 19.3. The Morgan fingerprint density at radius 2 is 1.90 bits per heavy atom. The molecule has 2 heterocycles. The molecule has 0 unspecified atom stereocenters. The van der Waals surface area contributed by atoms with E-state index in [4.69, 9.17) is 9.15 Å². The number of carbonyl (C=O) groups excluding carboxylic acids is 3. The fourth-order valence-corrected chi connectivity index (χ4v) is 5.64. The van der Waals surface area contributed by atoms with E-state index in [1.165, 1.54) is 0 Å². The van der Waals surface area contributed by atoms with E-state index in [1.807, 2.05) is 31.2 Å². The molecule has 40 heavy (non-hydrogen) atoms. The number of aliphatic hydroxyl groups excluding tert-OH is 3. The van der Waals surface area contributed by atoms with Crippen LogP contribution in [0.3, 0.4) is 0 Å². The van der Waals surface area contributed by atoms with Crippen LogP contribution in [0.25, 0.3) is 6.08 Å². The van der Waals surface area contributed by atoms with Crippen molar-refractivity contribution in [3.8, 4) is 5.75 Å². The van der Waals surface area contributed by atoms with E-state index < -0.39 is 48.4 Å². The standard InChI is InChI=1S/C30H35NO9/c1-3-18(13-21-10-11-22(15-32)40-21)9-12-25(34)26-19(17-39-20-7-5-4-6-8-20)14-23-27(24(26)16-33)29(36)31(28(23)35)30(37)38-2/h4-8,10-11,13,23-25,27,32-34H,3,9,12,14-17H2,1-2H3/b18-13+/t23-,24+,25-,27-/m1/s1. The predicted octanol–water partition coefficient (Wildman–Crippen LogP) is 3.46. The summed E-state index contributed by atoms with van der Waals surface area (Å²) in [5.41, 5.74) is 2.08. The summed E-state index contributed by atoms with van der Waals surface area (Å²) in [5.74, 6) is -2.52. The van der Waals surface area contributed by atoms with Crippen LogP contribution in [-0.4, -0.2) is 64.6 Å². The van der Waals surface area contributed by atoms with E-state index in [2.05, 4.69) is 4.74 Å². The number of benzene rings is 1. The summed E-state index contributed by atoms with van der Waals surface area (Å²) < 4.78 is 16.2. The third-order valence-electron chi connectivity index (χ3n) is 7.63. The van der Waals surface area contributed by atoms with Crippen molar-refractivity contribution in [1.29, 1.82) is 0 Å². The molecule has 1 aliphatic heterocycles. The average molecular weight is 554 g/mol. The number of ether oxygens (including phenoxy) is 2. The van der Waals surface area contributed by atoms with Crippen molar-refractivity contribution in [2.45, 2.75) is 45.3 Å². The second-order valence-corrected chi connectivity index (χ2v) is 9.94. The molecule has 214 valence electrons. The van der Waals surface area contributed by atoms with Crippen LogP contribution in [0.5, 0.6) is 5.75 Å². The quantitative estimate of drug-likeness (QED) is 0.281. The predicted molar refractivity (Wildman–Crippen MR) is 144 cm³/mol. The van der Waals surface area contributed by atoms with E-state index in [0.717, 1.165) is 12.7 Å². The van der Waals surface area contributed by atoms with E-state index in [1.54, 1.807) is 24.3 Å². The first kappa shape index (κ1) is 29.3. The highest BCUT2D eigenvalue weighted by atomic mass is 16.5. The highest BCUT2D eigenvalue weighted by Crippen LogP contribution is 2.46. The Kier molecular flexibility index (Phi) is 9.57. The molecule has 1 aromatic carbocycles. The van der Waals surface area contributed by atoms with E-state index >= 15 is 0 Å². The van der Waals surface area contributed by atoms with Gasteiger partial charge in [0.1, 0.15) is 30.5 Å². The van der Waals surface area contributed by atoms with Crippen LogP contribution in [0.4, 0.5) is 4.79 Å². The summed E-state index contributed by atoms with van der Waals surface area (Å²) in [6.45, 7) is 1.33. The minimum Gasteiger partial charge on any atom is -0.489 e. The molecule has 0 spiro atoms. The number of aliphatic hydroxyl groups is 3. The number of nitrogens with zero attached hydrogens (tertiary/aromatic N) is 1. The lowest BCUT2D eigenvalue weighted by Gasteiger charge is -2.36. The van der Waals surface area contributed by atoms with E-state index in [-0.39, 0.29) is 26.1 Å². The van der Waals surface area contributed by atoms with Crippen LogP contribution in [0, 0.1) is 17.8 Å². The maximum atomic E-state index is 13.2. The summed E-state index contributed by atoms with van der Waals surface area (Å²) in [5, 5.41) is 31.2. The lowest BCUT2D eigenvalue weighted by molar-refractivity contribution is -0.137. The Morgan fingerprint density at radius 3 is 2.52 bits per heavy atom. The number of para-hydroxylation sites is 1. The molecule has 2 aromatic rings. The smallest absolute Gasteiger partial charge is 0.423 e. The van der Waals surface area contributed by atoms with Gasteiger partial charge in [-0.15, -0.1) is 0 Å². The Balaban J connectivity index is 1.63. The number of likely N-dealkylation sites (tertiary alicyclic amines) is 1. The van der Waals surface area contributed by atoms with Crippen molar-refractivity contribution < 1.29 is 43.6 Å². The number of rotatable bonds is 11. The zero-order chi connectivity index (χ0) is 28.8. The van der Waals surface area contributed by atoms with Crippen molar-refractivity contribution in [1.82, 2.24) is 4.90 Å². The van der Waals surface area contributed by atoms with Crippen molar-refractivity contribution in [3.63, 3.8) is 0 Å². The monoisotopic (exact) mass is 553 g/mol. The second-order valence-electron chi connectivity index (χ2n) is 9.94. The van der Waals surface area contributed by atoms with Crippen LogP contribution in [0.15, 0.2) is 63.6 Å². The summed E-state index contributed by atoms with van der Waals surface area (Å²) in [6, 6.07) is 12.5. The fourth-order valence-electron chi connectivity index (χ4n) is 5.64. The third kappa shape index (κ3) is 6.04. The van der Waals surface area contributed by atoms with Crippen LogP contribution in [-0.2, 0) is 20.9 Å². The highest BCUT2D eigenvalue weighted by Gasteiger charge is 2.57. The minimum absolute atomic E-state index is 0.0443. The number of fused-ring (bicyclic) bond motifs is 1. The number of furan rings is 1. The maximum Gasteiger partial charge on any atom is 0.423 e. The second kappa shape index (κ2) is 13.1. The Morgan fingerprint density at radius 1 is 1.15 bits per heavy atom. The van der Waals surface area contributed by atoms with Gasteiger partial charge in [0.25, 0.3) is 0 Å². The Labute approximate surface area is 232 Å². The van der Waals surface area contributed by atoms with E-state index in [0.29, 0.717) is 46.2 Å². The van der Waals surface area contributed by atoms with Crippen LogP contribution in [0.2, 0.25) is 0 Å². The number of hydrogen-bond acceptors (Lipinski definition) is 9. The molecule has 1 aliphatic carbocycles. The van der Waals surface area contributed by atoms with Gasteiger partial charge in [0.2, 0.25) is 11.8 Å². The molecule has 10 heteroatoms. The number of amides is 3. The van der Waals surface area contributed by atoms with Gasteiger partial charge in [-0.3, -0.25) is 9.59 Å². The Hall–Kier alpha value is -3.73. The molecule has 10 nitrogen and oxygen atoms in total. The van der Waals surface area contributed by atoms with Crippen LogP contribution < -0.4 is 4.74 Å². The molecule has 1 aromatic heterocycles. The number of allylic oxidation sites excluding steroid dienone is 1. The normalized spacial score (nSPS) is 22.0. The molecule has 0 bridgehead atoms. The van der Waals surface area contributed by atoms with Gasteiger partial charge in [0, 0.05) is 5.92 Å². The number of methoxy groups -OCH3 is 1. The van der Waals surface area contributed by atoms with Crippen LogP contribution in [0.1, 0.15) is 44.1 Å². The molecule has 3 amide bonds. The molecular formula is C30H35NO9. The molecular weight excluding hydrogens is 518 g/mol. The number of carbonyl (C=O) groups is 3.